The molecular weight excluding hydrogens is 352 g/mol. The van der Waals surface area contributed by atoms with Crippen LogP contribution in [0.1, 0.15) is 25.3 Å². The molecule has 1 spiro atoms. The lowest BCUT2D eigenvalue weighted by Crippen LogP contribution is -2.50. The molecule has 0 aliphatic carbocycles. The monoisotopic (exact) mass is 380 g/mol. The third-order valence-corrected chi connectivity index (χ3v) is 6.52. The smallest absolute Gasteiger partial charge is 0.410 e. The molecule has 2 heterocycles. The number of carbonyl (C=O) groups is 1. The lowest BCUT2D eigenvalue weighted by Gasteiger charge is -2.40. The molecule has 0 radical (unpaired) electrons. The number of carbonyl (C=O) groups excluding carboxylic acids is 1. The molecule has 1 aromatic rings. The minimum absolute atomic E-state index is 0.00589. The van der Waals surface area contributed by atoms with E-state index in [1.807, 2.05) is 30.0 Å². The summed E-state index contributed by atoms with van der Waals surface area (Å²) >= 11 is 0. The van der Waals surface area contributed by atoms with E-state index in [1.165, 1.54) is 11.8 Å². The van der Waals surface area contributed by atoms with E-state index in [0.717, 1.165) is 32.4 Å². The first-order valence-electron chi connectivity index (χ1n) is 9.20. The van der Waals surface area contributed by atoms with E-state index in [9.17, 15) is 13.2 Å². The molecule has 2 aliphatic heterocycles. The fraction of sp³-hybridized carbons (Fsp3) is 0.632. The van der Waals surface area contributed by atoms with E-state index in [4.69, 9.17) is 4.74 Å². The number of hydrogen-bond acceptors (Lipinski definition) is 5. The second-order valence-corrected chi connectivity index (χ2v) is 9.87. The summed E-state index contributed by atoms with van der Waals surface area (Å²) in [5.41, 5.74) is 0.806. The standard InChI is InChI=1S/C19H28N2O4S/c1-16(14-26(2,23)24)20-12-9-19(10-13-20)15-21(18(22)25-19)11-8-17-6-4-3-5-7-17/h3-7,16H,8-15H2,1-2H3/t16-/m0/s1. The minimum atomic E-state index is -2.99. The summed E-state index contributed by atoms with van der Waals surface area (Å²) in [6.45, 7) is 4.77. The zero-order valence-corrected chi connectivity index (χ0v) is 16.4. The Hall–Kier alpha value is -1.60. The summed E-state index contributed by atoms with van der Waals surface area (Å²) in [7, 11) is -2.99. The summed E-state index contributed by atoms with van der Waals surface area (Å²) in [5.74, 6) is 0.170. The molecule has 0 aromatic heterocycles. The van der Waals surface area contributed by atoms with Gasteiger partial charge in [0.15, 0.2) is 0 Å². The summed E-state index contributed by atoms with van der Waals surface area (Å²) in [6.07, 6.45) is 3.39. The Morgan fingerprint density at radius 3 is 2.46 bits per heavy atom. The molecule has 144 valence electrons. The molecule has 6 nitrogen and oxygen atoms in total. The van der Waals surface area contributed by atoms with Crippen LogP contribution in [-0.4, -0.2) is 74.1 Å². The first-order chi connectivity index (χ1) is 12.3. The van der Waals surface area contributed by atoms with Crippen molar-refractivity contribution >= 4 is 15.9 Å². The van der Waals surface area contributed by atoms with Crippen molar-refractivity contribution in [1.29, 1.82) is 0 Å². The van der Waals surface area contributed by atoms with Crippen LogP contribution in [0, 0.1) is 0 Å². The molecule has 0 unspecified atom stereocenters. The van der Waals surface area contributed by atoms with Crippen LogP contribution in [0.5, 0.6) is 0 Å². The van der Waals surface area contributed by atoms with Gasteiger partial charge in [-0.15, -0.1) is 0 Å². The molecule has 2 fully saturated rings. The van der Waals surface area contributed by atoms with Gasteiger partial charge in [0.1, 0.15) is 15.4 Å². The molecule has 1 aromatic carbocycles. The minimum Gasteiger partial charge on any atom is -0.441 e. The maximum atomic E-state index is 12.3. The Morgan fingerprint density at radius 1 is 1.19 bits per heavy atom. The average Bonchev–Trinajstić information content (AvgIpc) is 2.88. The van der Waals surface area contributed by atoms with Gasteiger partial charge in [0, 0.05) is 44.8 Å². The van der Waals surface area contributed by atoms with Crippen LogP contribution in [0.4, 0.5) is 4.79 Å². The predicted octanol–water partition coefficient (Wildman–Crippen LogP) is 1.95. The van der Waals surface area contributed by atoms with Crippen molar-refractivity contribution in [3.05, 3.63) is 35.9 Å². The number of likely N-dealkylation sites (tertiary alicyclic amines) is 1. The van der Waals surface area contributed by atoms with E-state index < -0.39 is 15.4 Å². The van der Waals surface area contributed by atoms with Gasteiger partial charge in [0.05, 0.1) is 12.3 Å². The van der Waals surface area contributed by atoms with Crippen LogP contribution in [0.3, 0.4) is 0 Å². The second-order valence-electron chi connectivity index (χ2n) is 7.69. The van der Waals surface area contributed by atoms with Gasteiger partial charge in [-0.25, -0.2) is 13.2 Å². The molecule has 0 saturated carbocycles. The van der Waals surface area contributed by atoms with Gasteiger partial charge >= 0.3 is 6.09 Å². The zero-order chi connectivity index (χ0) is 18.8. The van der Waals surface area contributed by atoms with Crippen LogP contribution in [-0.2, 0) is 21.0 Å². The van der Waals surface area contributed by atoms with E-state index in [2.05, 4.69) is 17.0 Å². The van der Waals surface area contributed by atoms with Crippen molar-refractivity contribution in [2.24, 2.45) is 0 Å². The van der Waals surface area contributed by atoms with Crippen molar-refractivity contribution in [3.8, 4) is 0 Å². The van der Waals surface area contributed by atoms with Gasteiger partial charge in [-0.2, -0.15) is 0 Å². The largest absolute Gasteiger partial charge is 0.441 e. The summed E-state index contributed by atoms with van der Waals surface area (Å²) in [5, 5.41) is 0. The van der Waals surface area contributed by atoms with Gasteiger partial charge in [-0.05, 0) is 18.9 Å². The van der Waals surface area contributed by atoms with Gasteiger partial charge in [0.2, 0.25) is 0 Å². The summed E-state index contributed by atoms with van der Waals surface area (Å²) < 4.78 is 28.8. The molecule has 1 atom stereocenters. The highest BCUT2D eigenvalue weighted by molar-refractivity contribution is 7.90. The van der Waals surface area contributed by atoms with E-state index in [0.29, 0.717) is 13.1 Å². The molecular formula is C19H28N2O4S. The van der Waals surface area contributed by atoms with Gasteiger partial charge in [-0.3, -0.25) is 4.90 Å². The number of piperidine rings is 1. The predicted molar refractivity (Wildman–Crippen MR) is 101 cm³/mol. The molecule has 3 rings (SSSR count). The molecule has 26 heavy (non-hydrogen) atoms. The Labute approximate surface area is 156 Å². The Bertz CT molecular complexity index is 727. The SMILES string of the molecule is C[C@@H](CS(C)(=O)=O)N1CCC2(CC1)CN(CCc1ccccc1)C(=O)O2. The summed E-state index contributed by atoms with van der Waals surface area (Å²) in [6, 6.07) is 10.1. The highest BCUT2D eigenvalue weighted by Crippen LogP contribution is 2.34. The zero-order valence-electron chi connectivity index (χ0n) is 15.6. The normalized spacial score (nSPS) is 21.8. The number of nitrogens with zero attached hydrogens (tertiary/aromatic N) is 2. The van der Waals surface area contributed by atoms with Crippen LogP contribution >= 0.6 is 0 Å². The van der Waals surface area contributed by atoms with Crippen molar-refractivity contribution in [1.82, 2.24) is 9.80 Å². The molecule has 1 amide bonds. The number of amides is 1. The van der Waals surface area contributed by atoms with Gasteiger partial charge in [0.25, 0.3) is 0 Å². The van der Waals surface area contributed by atoms with E-state index in [-0.39, 0.29) is 17.9 Å². The fourth-order valence-corrected chi connectivity index (χ4v) is 5.04. The van der Waals surface area contributed by atoms with Crippen LogP contribution in [0.25, 0.3) is 0 Å². The topological polar surface area (TPSA) is 66.9 Å². The number of sulfone groups is 1. The third kappa shape index (κ3) is 4.76. The van der Waals surface area contributed by atoms with Gasteiger partial charge in [-0.1, -0.05) is 30.3 Å². The Morgan fingerprint density at radius 2 is 1.85 bits per heavy atom. The van der Waals surface area contributed by atoms with E-state index in [1.54, 1.807) is 0 Å². The third-order valence-electron chi connectivity index (χ3n) is 5.43. The van der Waals surface area contributed by atoms with Crippen LogP contribution in [0.2, 0.25) is 0 Å². The lowest BCUT2D eigenvalue weighted by molar-refractivity contribution is -0.00602. The number of rotatable bonds is 6. The number of hydrogen-bond donors (Lipinski definition) is 0. The molecule has 2 saturated heterocycles. The molecule has 2 aliphatic rings. The van der Waals surface area contributed by atoms with Gasteiger partial charge < -0.3 is 9.64 Å². The fourth-order valence-electron chi connectivity index (χ4n) is 3.95. The first kappa shape index (κ1) is 19.2. The first-order valence-corrected chi connectivity index (χ1v) is 11.3. The van der Waals surface area contributed by atoms with Crippen LogP contribution in [0.15, 0.2) is 30.3 Å². The van der Waals surface area contributed by atoms with Crippen molar-refractivity contribution in [2.45, 2.75) is 37.8 Å². The highest BCUT2D eigenvalue weighted by Gasteiger charge is 2.47. The molecule has 0 bridgehead atoms. The summed E-state index contributed by atoms with van der Waals surface area (Å²) in [4.78, 5) is 16.3. The highest BCUT2D eigenvalue weighted by atomic mass is 32.2. The second kappa shape index (κ2) is 7.56. The van der Waals surface area contributed by atoms with E-state index >= 15 is 0 Å². The maximum Gasteiger partial charge on any atom is 0.410 e. The molecule has 7 heteroatoms. The maximum absolute atomic E-state index is 12.3. The quantitative estimate of drug-likeness (QED) is 0.755. The Kier molecular flexibility index (Phi) is 5.58. The van der Waals surface area contributed by atoms with Crippen molar-refractivity contribution in [3.63, 3.8) is 0 Å². The molecule has 0 N–H and O–H groups in total. The number of ether oxygens (including phenoxy) is 1. The van der Waals surface area contributed by atoms with Crippen molar-refractivity contribution < 1.29 is 17.9 Å². The number of benzene rings is 1. The lowest BCUT2D eigenvalue weighted by atomic mass is 9.90. The van der Waals surface area contributed by atoms with Crippen molar-refractivity contribution in [2.75, 3.05) is 38.2 Å². The average molecular weight is 381 g/mol. The van der Waals surface area contributed by atoms with Crippen LogP contribution < -0.4 is 0 Å². The Balaban J connectivity index is 1.52.